The number of halogens is 4. The van der Waals surface area contributed by atoms with Crippen LogP contribution in [0.5, 0.6) is 0 Å². The number of carbonyl (C=O) groups excluding carboxylic acids is 2. The summed E-state index contributed by atoms with van der Waals surface area (Å²) in [4.78, 5) is 26.6. The number of nitrogens with one attached hydrogen (secondary N) is 1. The molecule has 3 N–H and O–H groups in total. The third kappa shape index (κ3) is 3.62. The summed E-state index contributed by atoms with van der Waals surface area (Å²) in [7, 11) is 0. The lowest BCUT2D eigenvalue weighted by Gasteiger charge is -2.13. The van der Waals surface area contributed by atoms with Gasteiger partial charge in [0.1, 0.15) is 11.5 Å². The molecule has 0 radical (unpaired) electrons. The molecule has 0 saturated heterocycles. The number of carbonyl (C=O) groups is 2. The maximum atomic E-state index is 13.7. The fraction of sp³-hybridized carbons (Fsp3) is 0.0714. The van der Waals surface area contributed by atoms with Gasteiger partial charge in [-0.05, 0) is 24.3 Å². The molecule has 1 aromatic carbocycles. The predicted octanol–water partition coefficient (Wildman–Crippen LogP) is 2.59. The van der Waals surface area contributed by atoms with Crippen molar-refractivity contribution in [2.45, 2.75) is 6.18 Å². The number of rotatable bonds is 3. The van der Waals surface area contributed by atoms with E-state index < -0.39 is 34.9 Å². The summed E-state index contributed by atoms with van der Waals surface area (Å²) in [6.07, 6.45) is -3.77. The van der Waals surface area contributed by atoms with Gasteiger partial charge in [-0.2, -0.15) is 13.2 Å². The molecule has 0 spiro atoms. The maximum absolute atomic E-state index is 13.7. The summed E-state index contributed by atoms with van der Waals surface area (Å²) < 4.78 is 52.3. The molecule has 120 valence electrons. The Kier molecular flexibility index (Phi) is 4.30. The zero-order valence-electron chi connectivity index (χ0n) is 11.3. The lowest BCUT2D eigenvalue weighted by Crippen LogP contribution is -2.21. The number of nitrogens with two attached hydrogens (primary N) is 1. The number of primary amides is 1. The number of aromatic nitrogens is 1. The number of amides is 2. The van der Waals surface area contributed by atoms with Crippen LogP contribution in [0.2, 0.25) is 0 Å². The van der Waals surface area contributed by atoms with Crippen molar-refractivity contribution in [2.75, 3.05) is 5.32 Å². The summed E-state index contributed by atoms with van der Waals surface area (Å²) in [5.41, 5.74) is 2.21. The minimum atomic E-state index is -4.90. The first-order valence-electron chi connectivity index (χ1n) is 6.13. The first-order valence-corrected chi connectivity index (χ1v) is 6.13. The van der Waals surface area contributed by atoms with Crippen molar-refractivity contribution in [3.63, 3.8) is 0 Å². The van der Waals surface area contributed by atoms with E-state index in [9.17, 15) is 27.2 Å². The third-order valence-corrected chi connectivity index (χ3v) is 2.82. The Morgan fingerprint density at radius 3 is 2.48 bits per heavy atom. The normalized spacial score (nSPS) is 11.1. The molecular formula is C14H9F4N3O2. The lowest BCUT2D eigenvalue weighted by atomic mass is 10.1. The van der Waals surface area contributed by atoms with Crippen molar-refractivity contribution >= 4 is 17.5 Å². The van der Waals surface area contributed by atoms with Gasteiger partial charge < -0.3 is 11.1 Å². The summed E-state index contributed by atoms with van der Waals surface area (Å²) in [6.45, 7) is 0. The van der Waals surface area contributed by atoms with E-state index in [0.29, 0.717) is 6.07 Å². The van der Waals surface area contributed by atoms with Gasteiger partial charge in [0.25, 0.3) is 11.8 Å². The van der Waals surface area contributed by atoms with Gasteiger partial charge in [-0.15, -0.1) is 0 Å². The molecule has 9 heteroatoms. The Labute approximate surface area is 127 Å². The quantitative estimate of drug-likeness (QED) is 0.850. The lowest BCUT2D eigenvalue weighted by molar-refractivity contribution is -0.138. The van der Waals surface area contributed by atoms with Gasteiger partial charge in [0.15, 0.2) is 0 Å². The maximum Gasteiger partial charge on any atom is 0.417 e. The van der Waals surface area contributed by atoms with Crippen LogP contribution in [0.4, 0.5) is 23.2 Å². The van der Waals surface area contributed by atoms with E-state index in [2.05, 4.69) is 10.3 Å². The zero-order valence-corrected chi connectivity index (χ0v) is 11.3. The fourth-order valence-electron chi connectivity index (χ4n) is 1.83. The van der Waals surface area contributed by atoms with Crippen molar-refractivity contribution in [3.05, 3.63) is 59.2 Å². The number of anilines is 1. The second-order valence-electron chi connectivity index (χ2n) is 4.41. The average molecular weight is 327 g/mol. The molecular weight excluding hydrogens is 318 g/mol. The second kappa shape index (κ2) is 6.03. The van der Waals surface area contributed by atoms with Gasteiger partial charge in [0, 0.05) is 11.9 Å². The molecule has 2 amide bonds. The van der Waals surface area contributed by atoms with E-state index in [-0.39, 0.29) is 11.4 Å². The van der Waals surface area contributed by atoms with Crippen LogP contribution in [0.3, 0.4) is 0 Å². The van der Waals surface area contributed by atoms with Gasteiger partial charge in [0.05, 0.1) is 11.1 Å². The van der Waals surface area contributed by atoms with Crippen LogP contribution in [0.15, 0.2) is 36.5 Å². The van der Waals surface area contributed by atoms with E-state index >= 15 is 0 Å². The molecule has 2 aromatic rings. The largest absolute Gasteiger partial charge is 0.417 e. The first kappa shape index (κ1) is 16.4. The highest BCUT2D eigenvalue weighted by Gasteiger charge is 2.36. The molecule has 0 saturated carbocycles. The van der Waals surface area contributed by atoms with Crippen molar-refractivity contribution < 1.29 is 27.2 Å². The number of hydrogen-bond acceptors (Lipinski definition) is 3. The molecule has 23 heavy (non-hydrogen) atoms. The van der Waals surface area contributed by atoms with Crippen LogP contribution in [0, 0.1) is 5.82 Å². The summed E-state index contributed by atoms with van der Waals surface area (Å²) >= 11 is 0. The van der Waals surface area contributed by atoms with E-state index in [0.717, 1.165) is 24.4 Å². The molecule has 2 rings (SSSR count). The molecule has 0 aliphatic rings. The smallest absolute Gasteiger partial charge is 0.364 e. The van der Waals surface area contributed by atoms with Crippen LogP contribution in [-0.2, 0) is 6.18 Å². The Morgan fingerprint density at radius 1 is 1.17 bits per heavy atom. The average Bonchev–Trinajstić information content (AvgIpc) is 2.46. The zero-order chi connectivity index (χ0) is 17.2. The van der Waals surface area contributed by atoms with Crippen molar-refractivity contribution in [1.29, 1.82) is 0 Å². The molecule has 5 nitrogen and oxygen atoms in total. The first-order chi connectivity index (χ1) is 10.7. The molecule has 0 atom stereocenters. The number of alkyl halides is 3. The summed E-state index contributed by atoms with van der Waals surface area (Å²) in [6, 6.07) is 4.48. The highest BCUT2D eigenvalue weighted by molar-refractivity contribution is 6.06. The molecule has 0 aliphatic heterocycles. The number of benzene rings is 1. The van der Waals surface area contributed by atoms with Gasteiger partial charge in [-0.3, -0.25) is 14.6 Å². The van der Waals surface area contributed by atoms with Gasteiger partial charge >= 0.3 is 6.18 Å². The molecule has 0 bridgehead atoms. The van der Waals surface area contributed by atoms with Crippen molar-refractivity contribution in [1.82, 2.24) is 4.98 Å². The van der Waals surface area contributed by atoms with E-state index in [1.54, 1.807) is 0 Å². The van der Waals surface area contributed by atoms with Crippen LogP contribution in [0.25, 0.3) is 0 Å². The molecule has 1 aromatic heterocycles. The van der Waals surface area contributed by atoms with Crippen LogP contribution in [-0.4, -0.2) is 16.8 Å². The number of hydrogen-bond donors (Lipinski definition) is 2. The van der Waals surface area contributed by atoms with E-state index in [1.165, 1.54) is 6.07 Å². The second-order valence-corrected chi connectivity index (χ2v) is 4.41. The van der Waals surface area contributed by atoms with Gasteiger partial charge in [-0.1, -0.05) is 6.07 Å². The Hall–Kier alpha value is -2.97. The van der Waals surface area contributed by atoms with E-state index in [1.807, 2.05) is 0 Å². The van der Waals surface area contributed by atoms with Crippen LogP contribution < -0.4 is 11.1 Å². The van der Waals surface area contributed by atoms with Gasteiger partial charge in [0.2, 0.25) is 0 Å². The summed E-state index contributed by atoms with van der Waals surface area (Å²) in [5.74, 6) is -3.51. The topological polar surface area (TPSA) is 85.1 Å². The number of pyridine rings is 1. The minimum absolute atomic E-state index is 0.0461. The van der Waals surface area contributed by atoms with Gasteiger partial charge in [-0.25, -0.2) is 4.39 Å². The monoisotopic (exact) mass is 327 g/mol. The Bertz CT molecular complexity index is 775. The third-order valence-electron chi connectivity index (χ3n) is 2.82. The van der Waals surface area contributed by atoms with Crippen LogP contribution >= 0.6 is 0 Å². The van der Waals surface area contributed by atoms with Crippen molar-refractivity contribution in [3.8, 4) is 0 Å². The number of nitrogens with zero attached hydrogens (tertiary/aromatic N) is 1. The molecule has 1 heterocycles. The molecule has 0 aliphatic carbocycles. The predicted molar refractivity (Wildman–Crippen MR) is 72.1 cm³/mol. The Morgan fingerprint density at radius 2 is 1.87 bits per heavy atom. The minimum Gasteiger partial charge on any atom is -0.364 e. The SMILES string of the molecule is NC(=O)c1cc(NC(=O)c2c(F)cccc2C(F)(F)F)ccn1. The highest BCUT2D eigenvalue weighted by Crippen LogP contribution is 2.33. The fourth-order valence-corrected chi connectivity index (χ4v) is 1.83. The summed E-state index contributed by atoms with van der Waals surface area (Å²) in [5, 5.41) is 2.08. The highest BCUT2D eigenvalue weighted by atomic mass is 19.4. The molecule has 0 unspecified atom stereocenters. The van der Waals surface area contributed by atoms with Crippen molar-refractivity contribution in [2.24, 2.45) is 5.73 Å². The van der Waals surface area contributed by atoms with E-state index in [4.69, 9.17) is 5.73 Å². The molecule has 0 fully saturated rings. The standard InChI is InChI=1S/C14H9F4N3O2/c15-9-3-1-2-8(14(16,17)18)11(9)13(23)21-7-4-5-20-10(6-7)12(19)22/h1-6H,(H2,19,22)(H,20,21,23). The van der Waals surface area contributed by atoms with Crippen LogP contribution in [0.1, 0.15) is 26.4 Å². The Balaban J connectivity index is 2.39.